The van der Waals surface area contributed by atoms with Crippen molar-refractivity contribution in [2.24, 2.45) is 0 Å². The van der Waals surface area contributed by atoms with Gasteiger partial charge in [0.15, 0.2) is 0 Å². The SMILES string of the molecule is CC(NC(=O)N(CCCC(=O)O)C(C)C)c1cccnc1. The van der Waals surface area contributed by atoms with E-state index in [-0.39, 0.29) is 24.5 Å². The molecule has 116 valence electrons. The Balaban J connectivity index is 2.58. The highest BCUT2D eigenvalue weighted by molar-refractivity contribution is 5.75. The van der Waals surface area contributed by atoms with Crippen LogP contribution in [-0.4, -0.2) is 39.6 Å². The van der Waals surface area contributed by atoms with Crippen LogP contribution in [0.2, 0.25) is 0 Å². The van der Waals surface area contributed by atoms with E-state index in [1.54, 1.807) is 17.3 Å². The van der Waals surface area contributed by atoms with Crippen LogP contribution in [0.5, 0.6) is 0 Å². The van der Waals surface area contributed by atoms with Crippen LogP contribution in [0, 0.1) is 0 Å². The number of carboxylic acids is 1. The Labute approximate surface area is 125 Å². The van der Waals surface area contributed by atoms with Crippen molar-refractivity contribution in [3.05, 3.63) is 30.1 Å². The highest BCUT2D eigenvalue weighted by Crippen LogP contribution is 2.11. The fourth-order valence-electron chi connectivity index (χ4n) is 1.98. The van der Waals surface area contributed by atoms with E-state index in [4.69, 9.17) is 5.11 Å². The summed E-state index contributed by atoms with van der Waals surface area (Å²) in [5.41, 5.74) is 0.931. The summed E-state index contributed by atoms with van der Waals surface area (Å²) < 4.78 is 0. The molecule has 2 N–H and O–H groups in total. The van der Waals surface area contributed by atoms with Gasteiger partial charge in [-0.2, -0.15) is 0 Å². The molecule has 1 aromatic heterocycles. The van der Waals surface area contributed by atoms with Crippen molar-refractivity contribution in [1.29, 1.82) is 0 Å². The van der Waals surface area contributed by atoms with Crippen molar-refractivity contribution in [2.75, 3.05) is 6.54 Å². The third-order valence-electron chi connectivity index (χ3n) is 3.20. The molecule has 0 saturated carbocycles. The highest BCUT2D eigenvalue weighted by Gasteiger charge is 2.19. The average molecular weight is 293 g/mol. The summed E-state index contributed by atoms with van der Waals surface area (Å²) in [5, 5.41) is 11.6. The number of carboxylic acid groups (broad SMARTS) is 1. The molecule has 0 aliphatic rings. The van der Waals surface area contributed by atoms with Crippen molar-refractivity contribution in [3.63, 3.8) is 0 Å². The van der Waals surface area contributed by atoms with Gasteiger partial charge in [-0.05, 0) is 38.8 Å². The third-order valence-corrected chi connectivity index (χ3v) is 3.20. The first-order valence-corrected chi connectivity index (χ1v) is 7.10. The number of nitrogens with one attached hydrogen (secondary N) is 1. The van der Waals surface area contributed by atoms with Crippen molar-refractivity contribution < 1.29 is 14.7 Å². The van der Waals surface area contributed by atoms with Crippen LogP contribution in [0.15, 0.2) is 24.5 Å². The Morgan fingerprint density at radius 2 is 2.10 bits per heavy atom. The van der Waals surface area contributed by atoms with Gasteiger partial charge in [0.05, 0.1) is 6.04 Å². The number of aromatic nitrogens is 1. The van der Waals surface area contributed by atoms with E-state index in [2.05, 4.69) is 10.3 Å². The zero-order valence-electron chi connectivity index (χ0n) is 12.7. The van der Waals surface area contributed by atoms with Crippen LogP contribution in [-0.2, 0) is 4.79 Å². The van der Waals surface area contributed by atoms with Crippen LogP contribution in [0.25, 0.3) is 0 Å². The van der Waals surface area contributed by atoms with Crippen LogP contribution in [0.3, 0.4) is 0 Å². The molecule has 2 amide bonds. The van der Waals surface area contributed by atoms with E-state index in [1.165, 1.54) is 0 Å². The van der Waals surface area contributed by atoms with E-state index in [0.717, 1.165) is 5.56 Å². The molecule has 1 heterocycles. The monoisotopic (exact) mass is 293 g/mol. The number of carbonyl (C=O) groups is 2. The molecule has 1 aromatic rings. The summed E-state index contributed by atoms with van der Waals surface area (Å²) in [6.07, 6.45) is 3.91. The van der Waals surface area contributed by atoms with Gasteiger partial charge < -0.3 is 15.3 Å². The molecule has 1 atom stereocenters. The summed E-state index contributed by atoms with van der Waals surface area (Å²) in [5.74, 6) is -0.845. The number of pyridine rings is 1. The molecular formula is C15H23N3O3. The van der Waals surface area contributed by atoms with Gasteiger partial charge in [-0.15, -0.1) is 0 Å². The lowest BCUT2D eigenvalue weighted by molar-refractivity contribution is -0.137. The second kappa shape index (κ2) is 8.24. The number of carbonyl (C=O) groups excluding carboxylic acids is 1. The fourth-order valence-corrected chi connectivity index (χ4v) is 1.98. The predicted molar refractivity (Wildman–Crippen MR) is 79.9 cm³/mol. The molecule has 0 radical (unpaired) electrons. The van der Waals surface area contributed by atoms with E-state index < -0.39 is 5.97 Å². The zero-order valence-corrected chi connectivity index (χ0v) is 12.7. The minimum absolute atomic E-state index is 0.0138. The molecule has 6 nitrogen and oxygen atoms in total. The number of hydrogen-bond acceptors (Lipinski definition) is 3. The number of aliphatic carboxylic acids is 1. The number of hydrogen-bond donors (Lipinski definition) is 2. The molecule has 0 fully saturated rings. The van der Waals surface area contributed by atoms with Crippen LogP contribution >= 0.6 is 0 Å². The van der Waals surface area contributed by atoms with Crippen molar-refractivity contribution in [1.82, 2.24) is 15.2 Å². The molecule has 21 heavy (non-hydrogen) atoms. The van der Waals surface area contributed by atoms with Crippen molar-refractivity contribution in [3.8, 4) is 0 Å². The zero-order chi connectivity index (χ0) is 15.8. The van der Waals surface area contributed by atoms with Gasteiger partial charge in [0.2, 0.25) is 0 Å². The van der Waals surface area contributed by atoms with Crippen molar-refractivity contribution in [2.45, 2.75) is 45.7 Å². The lowest BCUT2D eigenvalue weighted by Gasteiger charge is -2.28. The molecule has 1 unspecified atom stereocenters. The Hall–Kier alpha value is -2.11. The Morgan fingerprint density at radius 1 is 1.38 bits per heavy atom. The highest BCUT2D eigenvalue weighted by atomic mass is 16.4. The number of urea groups is 1. The maximum atomic E-state index is 12.3. The molecule has 6 heteroatoms. The molecule has 0 aliphatic heterocycles. The lowest BCUT2D eigenvalue weighted by Crippen LogP contribution is -2.45. The van der Waals surface area contributed by atoms with Gasteiger partial charge in [0, 0.05) is 31.4 Å². The van der Waals surface area contributed by atoms with Gasteiger partial charge >= 0.3 is 12.0 Å². The predicted octanol–water partition coefficient (Wildman–Crippen LogP) is 2.43. The summed E-state index contributed by atoms with van der Waals surface area (Å²) in [7, 11) is 0. The molecule has 0 aromatic carbocycles. The first kappa shape index (κ1) is 16.9. The number of nitrogens with zero attached hydrogens (tertiary/aromatic N) is 2. The molecule has 1 rings (SSSR count). The van der Waals surface area contributed by atoms with Gasteiger partial charge in [-0.25, -0.2) is 4.79 Å². The molecule has 0 spiro atoms. The van der Waals surface area contributed by atoms with E-state index in [9.17, 15) is 9.59 Å². The summed E-state index contributed by atoms with van der Waals surface area (Å²) in [6.45, 7) is 6.14. The normalized spacial score (nSPS) is 12.0. The molecule has 0 saturated heterocycles. The fraction of sp³-hybridized carbons (Fsp3) is 0.533. The average Bonchev–Trinajstić information content (AvgIpc) is 2.43. The molecule has 0 aliphatic carbocycles. The van der Waals surface area contributed by atoms with Crippen LogP contribution in [0.4, 0.5) is 4.79 Å². The first-order chi connectivity index (χ1) is 9.91. The Kier molecular flexibility index (Phi) is 6.65. The second-order valence-corrected chi connectivity index (χ2v) is 5.24. The van der Waals surface area contributed by atoms with Gasteiger partial charge in [-0.3, -0.25) is 9.78 Å². The first-order valence-electron chi connectivity index (χ1n) is 7.10. The summed E-state index contributed by atoms with van der Waals surface area (Å²) in [4.78, 5) is 28.5. The number of amides is 2. The van der Waals surface area contributed by atoms with Crippen LogP contribution in [0.1, 0.15) is 45.2 Å². The summed E-state index contributed by atoms with van der Waals surface area (Å²) >= 11 is 0. The second-order valence-electron chi connectivity index (χ2n) is 5.24. The quantitative estimate of drug-likeness (QED) is 0.809. The maximum Gasteiger partial charge on any atom is 0.318 e. The minimum Gasteiger partial charge on any atom is -0.481 e. The van der Waals surface area contributed by atoms with Crippen LogP contribution < -0.4 is 5.32 Å². The third kappa shape index (κ3) is 5.81. The van der Waals surface area contributed by atoms with Gasteiger partial charge in [-0.1, -0.05) is 6.07 Å². The van der Waals surface area contributed by atoms with Gasteiger partial charge in [0.25, 0.3) is 0 Å². The van der Waals surface area contributed by atoms with Gasteiger partial charge in [0.1, 0.15) is 0 Å². The molecule has 0 bridgehead atoms. The molecular weight excluding hydrogens is 270 g/mol. The Bertz CT molecular complexity index is 462. The maximum absolute atomic E-state index is 12.3. The lowest BCUT2D eigenvalue weighted by atomic mass is 10.1. The minimum atomic E-state index is -0.845. The summed E-state index contributed by atoms with van der Waals surface area (Å²) in [6, 6.07) is 3.41. The Morgan fingerprint density at radius 3 is 2.62 bits per heavy atom. The smallest absolute Gasteiger partial charge is 0.318 e. The van der Waals surface area contributed by atoms with E-state index in [1.807, 2.05) is 32.9 Å². The standard InChI is InChI=1S/C15H23N3O3/c1-11(2)18(9-5-7-14(19)20)15(21)17-12(3)13-6-4-8-16-10-13/h4,6,8,10-12H,5,7,9H2,1-3H3,(H,17,21)(H,19,20). The van der Waals surface area contributed by atoms with E-state index in [0.29, 0.717) is 13.0 Å². The van der Waals surface area contributed by atoms with E-state index >= 15 is 0 Å². The van der Waals surface area contributed by atoms with Crippen molar-refractivity contribution >= 4 is 12.0 Å². The topological polar surface area (TPSA) is 82.5 Å². The number of rotatable bonds is 7. The largest absolute Gasteiger partial charge is 0.481 e.